The Balaban J connectivity index is 1.64. The van der Waals surface area contributed by atoms with E-state index >= 15 is 0 Å². The summed E-state index contributed by atoms with van der Waals surface area (Å²) in [5.41, 5.74) is 1.97. The molecule has 0 spiro atoms. The molecule has 1 aliphatic heterocycles. The van der Waals surface area contributed by atoms with Gasteiger partial charge in [-0.1, -0.05) is 46.6 Å². The van der Waals surface area contributed by atoms with E-state index in [1.54, 1.807) is 12.1 Å². The monoisotopic (exact) mass is 403 g/mol. The van der Waals surface area contributed by atoms with Gasteiger partial charge in [-0.15, -0.1) is 0 Å². The summed E-state index contributed by atoms with van der Waals surface area (Å²) < 4.78 is 32.9. The van der Waals surface area contributed by atoms with Crippen LogP contribution in [-0.4, -0.2) is 29.4 Å². The van der Waals surface area contributed by atoms with Crippen molar-refractivity contribution in [1.29, 1.82) is 0 Å². The van der Waals surface area contributed by atoms with E-state index in [0.717, 1.165) is 17.5 Å². The van der Waals surface area contributed by atoms with E-state index in [-0.39, 0.29) is 4.90 Å². The van der Waals surface area contributed by atoms with Gasteiger partial charge in [-0.2, -0.15) is 9.29 Å². The van der Waals surface area contributed by atoms with Crippen molar-refractivity contribution in [2.75, 3.05) is 6.54 Å². The molecule has 140 valence electrons. The maximum absolute atomic E-state index is 13.0. The van der Waals surface area contributed by atoms with Gasteiger partial charge in [-0.25, -0.2) is 8.42 Å². The van der Waals surface area contributed by atoms with Gasteiger partial charge < -0.3 is 4.52 Å². The number of rotatable bonds is 4. The molecule has 1 fully saturated rings. The van der Waals surface area contributed by atoms with E-state index in [2.05, 4.69) is 10.1 Å². The number of sulfonamides is 1. The van der Waals surface area contributed by atoms with Crippen molar-refractivity contribution in [1.82, 2.24) is 14.4 Å². The Morgan fingerprint density at radius 2 is 1.81 bits per heavy atom. The second-order valence-electron chi connectivity index (χ2n) is 6.55. The fourth-order valence-corrected chi connectivity index (χ4v) is 4.98. The SMILES string of the molecule is Cc1ccc(-c2noc(C3CCCN3S(=O)(=O)c3ccc(Cl)cc3)n2)cc1. The van der Waals surface area contributed by atoms with E-state index in [4.69, 9.17) is 16.1 Å². The molecule has 4 rings (SSSR count). The van der Waals surface area contributed by atoms with Gasteiger partial charge in [0.1, 0.15) is 6.04 Å². The molecule has 1 aromatic heterocycles. The third-order valence-electron chi connectivity index (χ3n) is 4.66. The molecule has 6 nitrogen and oxygen atoms in total. The van der Waals surface area contributed by atoms with Gasteiger partial charge in [0.25, 0.3) is 0 Å². The highest BCUT2D eigenvalue weighted by atomic mass is 35.5. The Hall–Kier alpha value is -2.22. The minimum absolute atomic E-state index is 0.206. The lowest BCUT2D eigenvalue weighted by molar-refractivity contribution is 0.290. The summed E-state index contributed by atoms with van der Waals surface area (Å²) in [4.78, 5) is 4.66. The number of hydrogen-bond donors (Lipinski definition) is 0. The molecule has 0 radical (unpaired) electrons. The van der Waals surface area contributed by atoms with Gasteiger partial charge in [0.2, 0.25) is 21.7 Å². The summed E-state index contributed by atoms with van der Waals surface area (Å²) in [5.74, 6) is 0.779. The minimum Gasteiger partial charge on any atom is -0.337 e. The van der Waals surface area contributed by atoms with Crippen LogP contribution in [0.1, 0.15) is 30.3 Å². The number of hydrogen-bond acceptors (Lipinski definition) is 5. The zero-order valence-electron chi connectivity index (χ0n) is 14.7. The Labute approximate surface area is 162 Å². The van der Waals surface area contributed by atoms with Gasteiger partial charge in [0.05, 0.1) is 4.90 Å². The lowest BCUT2D eigenvalue weighted by Crippen LogP contribution is -2.30. The molecule has 0 aliphatic carbocycles. The molecule has 1 saturated heterocycles. The fraction of sp³-hybridized carbons (Fsp3) is 0.263. The van der Waals surface area contributed by atoms with Gasteiger partial charge in [0, 0.05) is 17.1 Å². The number of aromatic nitrogens is 2. The van der Waals surface area contributed by atoms with E-state index in [1.165, 1.54) is 16.4 Å². The molecular formula is C19H18ClN3O3S. The first-order valence-corrected chi connectivity index (χ1v) is 10.4. The molecule has 1 unspecified atom stereocenters. The third kappa shape index (κ3) is 3.50. The highest BCUT2D eigenvalue weighted by Crippen LogP contribution is 2.36. The Kier molecular flexibility index (Phi) is 4.75. The smallest absolute Gasteiger partial charge is 0.245 e. The summed E-state index contributed by atoms with van der Waals surface area (Å²) in [6.45, 7) is 2.42. The van der Waals surface area contributed by atoms with Crippen molar-refractivity contribution in [2.45, 2.75) is 30.7 Å². The molecule has 0 saturated carbocycles. The molecule has 3 aromatic rings. The maximum Gasteiger partial charge on any atom is 0.245 e. The van der Waals surface area contributed by atoms with Crippen molar-refractivity contribution in [3.05, 3.63) is 65.0 Å². The molecule has 27 heavy (non-hydrogen) atoms. The predicted octanol–water partition coefficient (Wildman–Crippen LogP) is 4.22. The quantitative estimate of drug-likeness (QED) is 0.651. The van der Waals surface area contributed by atoms with Gasteiger partial charge >= 0.3 is 0 Å². The van der Waals surface area contributed by atoms with Crippen LogP contribution in [0.2, 0.25) is 5.02 Å². The second kappa shape index (κ2) is 7.07. The fourth-order valence-electron chi connectivity index (χ4n) is 3.21. The maximum atomic E-state index is 13.0. The van der Waals surface area contributed by atoms with Crippen LogP contribution in [0.15, 0.2) is 57.9 Å². The first-order chi connectivity index (χ1) is 12.9. The highest BCUT2D eigenvalue weighted by molar-refractivity contribution is 7.89. The Morgan fingerprint density at radius 1 is 1.11 bits per heavy atom. The van der Waals surface area contributed by atoms with Gasteiger partial charge in [-0.05, 0) is 44.0 Å². The van der Waals surface area contributed by atoms with Crippen LogP contribution in [0.5, 0.6) is 0 Å². The minimum atomic E-state index is -3.67. The van der Waals surface area contributed by atoms with Gasteiger partial charge in [-0.3, -0.25) is 0 Å². The lowest BCUT2D eigenvalue weighted by atomic mass is 10.1. The second-order valence-corrected chi connectivity index (χ2v) is 8.88. The normalized spacial score (nSPS) is 18.1. The third-order valence-corrected chi connectivity index (χ3v) is 6.83. The number of aryl methyl sites for hydroxylation is 1. The summed E-state index contributed by atoms with van der Waals surface area (Å²) in [6.07, 6.45) is 1.38. The van der Waals surface area contributed by atoms with Crippen molar-refractivity contribution < 1.29 is 12.9 Å². The van der Waals surface area contributed by atoms with E-state index in [1.807, 2.05) is 31.2 Å². The van der Waals surface area contributed by atoms with Crippen molar-refractivity contribution in [3.8, 4) is 11.4 Å². The van der Waals surface area contributed by atoms with Crippen LogP contribution >= 0.6 is 11.6 Å². The van der Waals surface area contributed by atoms with Crippen LogP contribution in [-0.2, 0) is 10.0 Å². The average molecular weight is 404 g/mol. The molecule has 1 atom stereocenters. The molecule has 0 N–H and O–H groups in total. The Morgan fingerprint density at radius 3 is 2.52 bits per heavy atom. The molecule has 0 bridgehead atoms. The van der Waals surface area contributed by atoms with E-state index in [9.17, 15) is 8.42 Å². The first kappa shape index (κ1) is 18.2. The van der Waals surface area contributed by atoms with Crippen LogP contribution in [0.25, 0.3) is 11.4 Å². The number of nitrogens with zero attached hydrogens (tertiary/aromatic N) is 3. The highest BCUT2D eigenvalue weighted by Gasteiger charge is 2.39. The average Bonchev–Trinajstić information content (AvgIpc) is 3.32. The van der Waals surface area contributed by atoms with Crippen LogP contribution < -0.4 is 0 Å². The number of benzene rings is 2. The zero-order chi connectivity index (χ0) is 19.0. The molecular weight excluding hydrogens is 386 g/mol. The van der Waals surface area contributed by atoms with Crippen LogP contribution in [0.3, 0.4) is 0 Å². The van der Waals surface area contributed by atoms with Crippen molar-refractivity contribution >= 4 is 21.6 Å². The molecule has 1 aliphatic rings. The predicted molar refractivity (Wildman–Crippen MR) is 102 cm³/mol. The van der Waals surface area contributed by atoms with Gasteiger partial charge in [0.15, 0.2) is 0 Å². The standard InChI is InChI=1S/C19H18ClN3O3S/c1-13-4-6-14(7-5-13)18-21-19(26-22-18)17-3-2-12-23(17)27(24,25)16-10-8-15(20)9-11-16/h4-11,17H,2-3,12H2,1H3. The summed E-state index contributed by atoms with van der Waals surface area (Å²) in [5, 5.41) is 4.53. The van der Waals surface area contributed by atoms with Crippen LogP contribution in [0.4, 0.5) is 0 Å². The molecule has 0 amide bonds. The van der Waals surface area contributed by atoms with E-state index in [0.29, 0.717) is 29.7 Å². The summed E-state index contributed by atoms with van der Waals surface area (Å²) in [7, 11) is -3.67. The van der Waals surface area contributed by atoms with Crippen LogP contribution in [0, 0.1) is 6.92 Å². The topological polar surface area (TPSA) is 76.3 Å². The molecule has 2 aromatic carbocycles. The lowest BCUT2D eigenvalue weighted by Gasteiger charge is -2.21. The summed E-state index contributed by atoms with van der Waals surface area (Å²) >= 11 is 5.87. The zero-order valence-corrected chi connectivity index (χ0v) is 16.2. The molecule has 2 heterocycles. The number of halogens is 1. The first-order valence-electron chi connectivity index (χ1n) is 8.63. The van der Waals surface area contributed by atoms with E-state index < -0.39 is 16.1 Å². The largest absolute Gasteiger partial charge is 0.337 e. The molecule has 8 heteroatoms. The van der Waals surface area contributed by atoms with Crippen molar-refractivity contribution in [3.63, 3.8) is 0 Å². The summed E-state index contributed by atoms with van der Waals surface area (Å²) in [6, 6.07) is 13.5. The van der Waals surface area contributed by atoms with Crippen molar-refractivity contribution in [2.24, 2.45) is 0 Å². The Bertz CT molecular complexity index is 1050.